The molecule has 0 aromatic heterocycles. The van der Waals surface area contributed by atoms with Crippen LogP contribution in [0, 0.1) is 0 Å². The van der Waals surface area contributed by atoms with Gasteiger partial charge in [0.25, 0.3) is 0 Å². The molecule has 2 N–H and O–H groups in total. The monoisotopic (exact) mass is 343 g/mol. The van der Waals surface area contributed by atoms with Gasteiger partial charge in [0.1, 0.15) is 5.75 Å². The first-order chi connectivity index (χ1) is 8.81. The van der Waals surface area contributed by atoms with E-state index in [9.17, 15) is 18.3 Å². The third-order valence-corrected chi connectivity index (χ3v) is 2.68. The quantitative estimate of drug-likeness (QED) is 0.833. The Hall–Kier alpha value is -0.990. The zero-order valence-corrected chi connectivity index (χ0v) is 11.6. The smallest absolute Gasteiger partial charge is 0.405 e. The molecule has 0 aliphatic heterocycles. The van der Waals surface area contributed by atoms with Gasteiger partial charge in [-0.3, -0.25) is 0 Å². The molecule has 19 heavy (non-hydrogen) atoms. The molecule has 0 fully saturated rings. The first-order valence-electron chi connectivity index (χ1n) is 5.28. The molecule has 1 unspecified atom stereocenters. The lowest BCUT2D eigenvalue weighted by Crippen LogP contribution is -2.24. The van der Waals surface area contributed by atoms with Crippen molar-refractivity contribution < 1.29 is 27.8 Å². The van der Waals surface area contributed by atoms with Crippen LogP contribution in [-0.2, 0) is 4.74 Å². The Kier molecular flexibility index (Phi) is 5.89. The number of methoxy groups -OCH3 is 1. The summed E-state index contributed by atoms with van der Waals surface area (Å²) in [5.74, 6) is -0.324. The zero-order valence-electron chi connectivity index (χ0n) is 10.00. The normalized spacial score (nSPS) is 13.2. The van der Waals surface area contributed by atoms with Gasteiger partial charge in [0.05, 0.1) is 17.2 Å². The Morgan fingerprint density at radius 3 is 2.63 bits per heavy atom. The van der Waals surface area contributed by atoms with Crippen molar-refractivity contribution in [2.24, 2.45) is 0 Å². The number of aliphatic hydroxyl groups excluding tert-OH is 1. The molecule has 0 saturated heterocycles. The largest absolute Gasteiger partial charge is 0.573 e. The minimum atomic E-state index is -4.73. The maximum absolute atomic E-state index is 12.1. The van der Waals surface area contributed by atoms with Crippen molar-refractivity contribution in [1.82, 2.24) is 0 Å². The van der Waals surface area contributed by atoms with E-state index in [4.69, 9.17) is 4.74 Å². The minimum absolute atomic E-state index is 0.163. The number of ether oxygens (including phenoxy) is 2. The van der Waals surface area contributed by atoms with Crippen LogP contribution in [0.15, 0.2) is 22.7 Å². The topological polar surface area (TPSA) is 50.7 Å². The van der Waals surface area contributed by atoms with Gasteiger partial charge in [-0.05, 0) is 34.1 Å². The average Bonchev–Trinajstić information content (AvgIpc) is 2.28. The van der Waals surface area contributed by atoms with Crippen molar-refractivity contribution >= 4 is 21.6 Å². The Balaban J connectivity index is 2.61. The van der Waals surface area contributed by atoms with Crippen LogP contribution in [0.4, 0.5) is 18.9 Å². The lowest BCUT2D eigenvalue weighted by atomic mass is 10.3. The number of alkyl halides is 3. The highest BCUT2D eigenvalue weighted by Gasteiger charge is 2.31. The zero-order chi connectivity index (χ0) is 14.5. The summed E-state index contributed by atoms with van der Waals surface area (Å²) in [7, 11) is 1.46. The van der Waals surface area contributed by atoms with Gasteiger partial charge < -0.3 is 19.9 Å². The van der Waals surface area contributed by atoms with Gasteiger partial charge in [-0.25, -0.2) is 0 Å². The Morgan fingerprint density at radius 1 is 1.42 bits per heavy atom. The van der Waals surface area contributed by atoms with E-state index in [0.717, 1.165) is 0 Å². The fourth-order valence-corrected chi connectivity index (χ4v) is 1.76. The first kappa shape index (κ1) is 16.1. The fraction of sp³-hybridized carbons (Fsp3) is 0.455. The summed E-state index contributed by atoms with van der Waals surface area (Å²) in [6.45, 7) is 0.392. The van der Waals surface area contributed by atoms with Crippen molar-refractivity contribution in [1.29, 1.82) is 0 Å². The number of benzene rings is 1. The molecule has 0 spiro atoms. The van der Waals surface area contributed by atoms with Crippen molar-refractivity contribution in [3.8, 4) is 5.75 Å². The molecular weight excluding hydrogens is 331 g/mol. The lowest BCUT2D eigenvalue weighted by Gasteiger charge is -2.14. The maximum Gasteiger partial charge on any atom is 0.573 e. The summed E-state index contributed by atoms with van der Waals surface area (Å²) in [6, 6.07) is 4.04. The predicted octanol–water partition coefficient (Wildman–Crippen LogP) is 2.77. The van der Waals surface area contributed by atoms with Gasteiger partial charge >= 0.3 is 6.36 Å². The molecule has 1 atom stereocenters. The van der Waals surface area contributed by atoms with Gasteiger partial charge in [0.2, 0.25) is 0 Å². The summed E-state index contributed by atoms with van der Waals surface area (Å²) in [5, 5.41) is 12.3. The Morgan fingerprint density at radius 2 is 2.11 bits per heavy atom. The molecule has 0 radical (unpaired) electrons. The Labute approximate surface area is 116 Å². The Bertz CT molecular complexity index is 415. The van der Waals surface area contributed by atoms with Crippen LogP contribution in [0.2, 0.25) is 0 Å². The van der Waals surface area contributed by atoms with Crippen LogP contribution >= 0.6 is 15.9 Å². The van der Waals surface area contributed by atoms with E-state index < -0.39 is 12.5 Å². The molecular formula is C11H13BrF3NO3. The number of rotatable bonds is 6. The SMILES string of the molecule is COCC(O)CNc1ccc(OC(F)(F)F)c(Br)c1. The molecule has 0 aliphatic carbocycles. The van der Waals surface area contributed by atoms with Crippen molar-refractivity contribution in [3.05, 3.63) is 22.7 Å². The molecule has 1 aromatic rings. The summed E-state index contributed by atoms with van der Waals surface area (Å²) >= 11 is 2.99. The third-order valence-electron chi connectivity index (χ3n) is 2.06. The van der Waals surface area contributed by atoms with E-state index in [0.29, 0.717) is 5.69 Å². The lowest BCUT2D eigenvalue weighted by molar-refractivity contribution is -0.274. The van der Waals surface area contributed by atoms with Crippen LogP contribution in [0.1, 0.15) is 0 Å². The molecule has 108 valence electrons. The van der Waals surface area contributed by atoms with Gasteiger partial charge in [-0.1, -0.05) is 0 Å². The average molecular weight is 344 g/mol. The number of aliphatic hydroxyl groups is 1. The number of anilines is 1. The highest BCUT2D eigenvalue weighted by Crippen LogP contribution is 2.32. The molecule has 4 nitrogen and oxygen atoms in total. The van der Waals surface area contributed by atoms with E-state index in [1.165, 1.54) is 25.3 Å². The third kappa shape index (κ3) is 6.13. The van der Waals surface area contributed by atoms with E-state index >= 15 is 0 Å². The second-order valence-corrected chi connectivity index (χ2v) is 4.54. The van der Waals surface area contributed by atoms with Crippen LogP contribution in [0.25, 0.3) is 0 Å². The van der Waals surface area contributed by atoms with Gasteiger partial charge in [-0.2, -0.15) is 0 Å². The summed E-state index contributed by atoms with van der Waals surface area (Å²) in [4.78, 5) is 0. The minimum Gasteiger partial charge on any atom is -0.405 e. The second-order valence-electron chi connectivity index (χ2n) is 3.68. The molecule has 0 heterocycles. The number of halogens is 4. The van der Waals surface area contributed by atoms with Crippen molar-refractivity contribution in [2.75, 3.05) is 25.6 Å². The molecule has 0 saturated carbocycles. The molecule has 0 bridgehead atoms. The van der Waals surface area contributed by atoms with Crippen LogP contribution in [0.5, 0.6) is 5.75 Å². The fourth-order valence-electron chi connectivity index (χ4n) is 1.31. The van der Waals surface area contributed by atoms with E-state index in [-0.39, 0.29) is 23.4 Å². The highest BCUT2D eigenvalue weighted by molar-refractivity contribution is 9.10. The number of hydrogen-bond acceptors (Lipinski definition) is 4. The van der Waals surface area contributed by atoms with E-state index in [1.807, 2.05) is 0 Å². The molecule has 1 rings (SSSR count). The van der Waals surface area contributed by atoms with Crippen LogP contribution in [0.3, 0.4) is 0 Å². The van der Waals surface area contributed by atoms with Gasteiger partial charge in [-0.15, -0.1) is 13.2 Å². The highest BCUT2D eigenvalue weighted by atomic mass is 79.9. The van der Waals surface area contributed by atoms with Crippen molar-refractivity contribution in [2.45, 2.75) is 12.5 Å². The van der Waals surface area contributed by atoms with Crippen molar-refractivity contribution in [3.63, 3.8) is 0 Å². The molecule has 8 heteroatoms. The van der Waals surface area contributed by atoms with Crippen LogP contribution < -0.4 is 10.1 Å². The summed E-state index contributed by atoms with van der Waals surface area (Å²) < 4.78 is 44.9. The maximum atomic E-state index is 12.1. The van der Waals surface area contributed by atoms with Gasteiger partial charge in [0, 0.05) is 19.3 Å². The number of nitrogens with one attached hydrogen (secondary N) is 1. The summed E-state index contributed by atoms with van der Waals surface area (Å²) in [6.07, 6.45) is -5.43. The first-order valence-corrected chi connectivity index (χ1v) is 6.07. The predicted molar refractivity (Wildman–Crippen MR) is 67.2 cm³/mol. The van der Waals surface area contributed by atoms with E-state index in [1.54, 1.807) is 0 Å². The summed E-state index contributed by atoms with van der Waals surface area (Å²) in [5.41, 5.74) is 0.552. The molecule has 1 aromatic carbocycles. The van der Waals surface area contributed by atoms with Gasteiger partial charge in [0.15, 0.2) is 0 Å². The van der Waals surface area contributed by atoms with Crippen LogP contribution in [-0.4, -0.2) is 37.8 Å². The molecule has 0 amide bonds. The number of hydrogen-bond donors (Lipinski definition) is 2. The second kappa shape index (κ2) is 6.97. The standard InChI is InChI=1S/C11H13BrF3NO3/c1-18-6-8(17)5-16-7-2-3-10(9(12)4-7)19-11(13,14)15/h2-4,8,16-17H,5-6H2,1H3. The van der Waals surface area contributed by atoms with E-state index in [2.05, 4.69) is 26.0 Å². The molecule has 0 aliphatic rings.